The molecule has 9 heteroatoms. The van der Waals surface area contributed by atoms with Gasteiger partial charge in [0, 0.05) is 24.0 Å². The van der Waals surface area contributed by atoms with Crippen LogP contribution in [0, 0.1) is 6.92 Å². The third kappa shape index (κ3) is 4.51. The van der Waals surface area contributed by atoms with Crippen LogP contribution in [0.25, 0.3) is 0 Å². The molecule has 0 aliphatic carbocycles. The Kier molecular flexibility index (Phi) is 5.52. The molecule has 0 aliphatic rings. The summed E-state index contributed by atoms with van der Waals surface area (Å²) in [6.07, 6.45) is 1.66. The molecular formula is C13H14ClN3O3S2. The number of anilines is 1. The van der Waals surface area contributed by atoms with Crippen LogP contribution in [0.2, 0.25) is 5.02 Å². The lowest BCUT2D eigenvalue weighted by molar-refractivity contribution is -0.116. The topological polar surface area (TPSA) is 88.2 Å². The average molecular weight is 360 g/mol. The molecule has 1 aromatic carbocycles. The van der Waals surface area contributed by atoms with Crippen molar-refractivity contribution in [3.05, 3.63) is 40.4 Å². The number of rotatable bonds is 6. The van der Waals surface area contributed by atoms with Gasteiger partial charge in [0.15, 0.2) is 5.13 Å². The van der Waals surface area contributed by atoms with Gasteiger partial charge in [0.05, 0.1) is 5.02 Å². The van der Waals surface area contributed by atoms with Gasteiger partial charge in [-0.05, 0) is 19.1 Å². The molecule has 1 amide bonds. The zero-order valence-electron chi connectivity index (χ0n) is 11.7. The molecule has 0 saturated heterocycles. The van der Waals surface area contributed by atoms with Gasteiger partial charge in [-0.1, -0.05) is 23.7 Å². The molecule has 2 N–H and O–H groups in total. The number of benzene rings is 1. The second-order valence-electron chi connectivity index (χ2n) is 4.40. The molecule has 22 heavy (non-hydrogen) atoms. The third-order valence-electron chi connectivity index (χ3n) is 2.64. The van der Waals surface area contributed by atoms with Gasteiger partial charge in [0.2, 0.25) is 15.9 Å². The van der Waals surface area contributed by atoms with Crippen molar-refractivity contribution in [3.8, 4) is 0 Å². The lowest BCUT2D eigenvalue weighted by atomic mass is 10.4. The van der Waals surface area contributed by atoms with Crippen molar-refractivity contribution < 1.29 is 13.2 Å². The Balaban J connectivity index is 1.88. The second-order valence-corrected chi connectivity index (χ2v) is 7.78. The molecule has 2 aromatic rings. The molecule has 0 fully saturated rings. The normalized spacial score (nSPS) is 11.4. The number of carbonyl (C=O) groups excluding carboxylic acids is 1. The maximum atomic E-state index is 12.1. The van der Waals surface area contributed by atoms with Crippen LogP contribution in [0.15, 0.2) is 35.4 Å². The van der Waals surface area contributed by atoms with Crippen LogP contribution in [0.4, 0.5) is 5.13 Å². The molecule has 2 rings (SSSR count). The highest BCUT2D eigenvalue weighted by atomic mass is 35.5. The number of aromatic nitrogens is 1. The van der Waals surface area contributed by atoms with Gasteiger partial charge in [-0.3, -0.25) is 4.79 Å². The minimum atomic E-state index is -3.73. The predicted octanol–water partition coefficient (Wildman–Crippen LogP) is 2.41. The first-order chi connectivity index (χ1) is 10.4. The van der Waals surface area contributed by atoms with Crippen LogP contribution >= 0.6 is 22.9 Å². The SMILES string of the molecule is Cc1cnc(NC(=O)CCNS(=O)(=O)c2ccccc2Cl)s1. The number of hydrogen-bond donors (Lipinski definition) is 2. The van der Waals surface area contributed by atoms with E-state index in [2.05, 4.69) is 15.0 Å². The first-order valence-electron chi connectivity index (χ1n) is 6.35. The van der Waals surface area contributed by atoms with E-state index in [1.54, 1.807) is 18.3 Å². The van der Waals surface area contributed by atoms with E-state index in [-0.39, 0.29) is 28.8 Å². The summed E-state index contributed by atoms with van der Waals surface area (Å²) in [7, 11) is -3.73. The zero-order valence-corrected chi connectivity index (χ0v) is 14.1. The zero-order chi connectivity index (χ0) is 16.2. The number of aryl methyl sites for hydroxylation is 1. The van der Waals surface area contributed by atoms with Crippen LogP contribution in [0.5, 0.6) is 0 Å². The molecule has 0 saturated carbocycles. The fraction of sp³-hybridized carbons (Fsp3) is 0.231. The quantitative estimate of drug-likeness (QED) is 0.829. The lowest BCUT2D eigenvalue weighted by Gasteiger charge is -2.07. The molecular weight excluding hydrogens is 346 g/mol. The van der Waals surface area contributed by atoms with Crippen molar-refractivity contribution in [3.63, 3.8) is 0 Å². The molecule has 0 aliphatic heterocycles. The van der Waals surface area contributed by atoms with Gasteiger partial charge in [-0.15, -0.1) is 11.3 Å². The van der Waals surface area contributed by atoms with Gasteiger partial charge in [-0.2, -0.15) is 0 Å². The molecule has 0 unspecified atom stereocenters. The highest BCUT2D eigenvalue weighted by molar-refractivity contribution is 7.89. The number of amides is 1. The first kappa shape index (κ1) is 16.9. The minimum Gasteiger partial charge on any atom is -0.302 e. The van der Waals surface area contributed by atoms with E-state index in [4.69, 9.17) is 11.6 Å². The Labute approximate surface area is 137 Å². The minimum absolute atomic E-state index is 0.00229. The number of thiazole rings is 1. The standard InChI is InChI=1S/C13H14ClN3O3S2/c1-9-8-15-13(21-9)17-12(18)6-7-16-22(19,20)11-5-3-2-4-10(11)14/h2-5,8,16H,6-7H2,1H3,(H,15,17,18). The summed E-state index contributed by atoms with van der Waals surface area (Å²) >= 11 is 7.21. The van der Waals surface area contributed by atoms with E-state index in [1.165, 1.54) is 23.5 Å². The summed E-state index contributed by atoms with van der Waals surface area (Å²) in [5.41, 5.74) is 0. The Hall–Kier alpha value is -1.48. The summed E-state index contributed by atoms with van der Waals surface area (Å²) in [5, 5.41) is 3.24. The summed E-state index contributed by atoms with van der Waals surface area (Å²) < 4.78 is 26.5. The molecule has 118 valence electrons. The van der Waals surface area contributed by atoms with E-state index >= 15 is 0 Å². The molecule has 0 spiro atoms. The number of halogens is 1. The summed E-state index contributed by atoms with van der Waals surface area (Å²) in [6.45, 7) is 1.86. The molecule has 0 atom stereocenters. The predicted molar refractivity (Wildman–Crippen MR) is 86.7 cm³/mol. The van der Waals surface area contributed by atoms with E-state index in [9.17, 15) is 13.2 Å². The molecule has 0 bridgehead atoms. The largest absolute Gasteiger partial charge is 0.302 e. The van der Waals surface area contributed by atoms with Crippen LogP contribution in [-0.4, -0.2) is 25.9 Å². The van der Waals surface area contributed by atoms with Crippen molar-refractivity contribution in [2.24, 2.45) is 0 Å². The highest BCUT2D eigenvalue weighted by Crippen LogP contribution is 2.20. The summed E-state index contributed by atoms with van der Waals surface area (Å²) in [5.74, 6) is -0.309. The fourth-order valence-corrected chi connectivity index (χ4v) is 3.86. The van der Waals surface area contributed by atoms with Crippen LogP contribution in [-0.2, 0) is 14.8 Å². The molecule has 1 aromatic heterocycles. The van der Waals surface area contributed by atoms with Gasteiger partial charge < -0.3 is 5.32 Å². The van der Waals surface area contributed by atoms with Gasteiger partial charge in [0.1, 0.15) is 4.90 Å². The van der Waals surface area contributed by atoms with Gasteiger partial charge >= 0.3 is 0 Å². The molecule has 1 heterocycles. The fourth-order valence-electron chi connectivity index (χ4n) is 1.63. The Morgan fingerprint density at radius 1 is 1.36 bits per heavy atom. The molecule has 0 radical (unpaired) electrons. The summed E-state index contributed by atoms with van der Waals surface area (Å²) in [6, 6.07) is 6.12. The monoisotopic (exact) mass is 359 g/mol. The Morgan fingerprint density at radius 2 is 2.09 bits per heavy atom. The van der Waals surface area contributed by atoms with Crippen LogP contribution < -0.4 is 10.0 Å². The lowest BCUT2D eigenvalue weighted by Crippen LogP contribution is -2.28. The smallest absolute Gasteiger partial charge is 0.242 e. The van der Waals surface area contributed by atoms with Crippen LogP contribution in [0.3, 0.4) is 0 Å². The molecule has 6 nitrogen and oxygen atoms in total. The van der Waals surface area contributed by atoms with E-state index in [0.717, 1.165) is 4.88 Å². The van der Waals surface area contributed by atoms with Crippen LogP contribution in [0.1, 0.15) is 11.3 Å². The number of nitrogens with zero attached hydrogens (tertiary/aromatic N) is 1. The summed E-state index contributed by atoms with van der Waals surface area (Å²) in [4.78, 5) is 16.7. The second kappa shape index (κ2) is 7.19. The number of sulfonamides is 1. The number of nitrogens with one attached hydrogen (secondary N) is 2. The van der Waals surface area contributed by atoms with Gasteiger partial charge in [0.25, 0.3) is 0 Å². The van der Waals surface area contributed by atoms with Crippen molar-refractivity contribution in [2.75, 3.05) is 11.9 Å². The maximum absolute atomic E-state index is 12.1. The van der Waals surface area contributed by atoms with Gasteiger partial charge in [-0.25, -0.2) is 18.1 Å². The van der Waals surface area contributed by atoms with Crippen molar-refractivity contribution in [2.45, 2.75) is 18.2 Å². The maximum Gasteiger partial charge on any atom is 0.242 e. The third-order valence-corrected chi connectivity index (χ3v) is 5.43. The highest BCUT2D eigenvalue weighted by Gasteiger charge is 2.17. The first-order valence-corrected chi connectivity index (χ1v) is 9.03. The van der Waals surface area contributed by atoms with Crippen molar-refractivity contribution in [1.82, 2.24) is 9.71 Å². The van der Waals surface area contributed by atoms with Crippen molar-refractivity contribution in [1.29, 1.82) is 0 Å². The van der Waals surface area contributed by atoms with Crippen molar-refractivity contribution >= 4 is 44.0 Å². The van der Waals surface area contributed by atoms with E-state index < -0.39 is 10.0 Å². The Bertz CT molecular complexity index is 774. The Morgan fingerprint density at radius 3 is 2.73 bits per heavy atom. The number of carbonyl (C=O) groups is 1. The van der Waals surface area contributed by atoms with E-state index in [0.29, 0.717) is 5.13 Å². The number of hydrogen-bond acceptors (Lipinski definition) is 5. The average Bonchev–Trinajstić information content (AvgIpc) is 2.84. The van der Waals surface area contributed by atoms with E-state index in [1.807, 2.05) is 6.92 Å².